The van der Waals surface area contributed by atoms with Gasteiger partial charge >= 0.3 is 0 Å². The van der Waals surface area contributed by atoms with Gasteiger partial charge in [0.15, 0.2) is 10.2 Å². The summed E-state index contributed by atoms with van der Waals surface area (Å²) in [5.41, 5.74) is 0. The third-order valence-corrected chi connectivity index (χ3v) is 2.02. The molecule has 0 unspecified atom stereocenters. The van der Waals surface area contributed by atoms with Gasteiger partial charge < -0.3 is 9.59 Å². The van der Waals surface area contributed by atoms with Crippen LogP contribution >= 0.6 is 11.8 Å². The molecule has 0 radical (unpaired) electrons. The topological polar surface area (TPSA) is 68.3 Å². The summed E-state index contributed by atoms with van der Waals surface area (Å²) in [6, 6.07) is 0. The van der Waals surface area contributed by atoms with Gasteiger partial charge in [0.25, 0.3) is 0 Å². The summed E-state index contributed by atoms with van der Waals surface area (Å²) in [6.45, 7) is 0. The Morgan fingerprint density at radius 2 is 1.31 bits per heavy atom. The lowest BCUT2D eigenvalue weighted by atomic mass is 10.4. The van der Waals surface area contributed by atoms with Crippen molar-refractivity contribution in [3.8, 4) is 0 Å². The number of rotatable bonds is 6. The quantitative estimate of drug-likeness (QED) is 0.594. The Morgan fingerprint density at radius 3 is 1.62 bits per heavy atom. The zero-order chi connectivity index (χ0) is 10.1. The fourth-order valence-corrected chi connectivity index (χ4v) is 1.28. The van der Waals surface area contributed by atoms with Gasteiger partial charge in [0.05, 0.1) is 0 Å². The van der Waals surface area contributed by atoms with E-state index in [-0.39, 0.29) is 35.9 Å². The molecule has 4 nitrogen and oxygen atoms in total. The number of hydrogen-bond acceptors (Lipinski definition) is 5. The molecule has 0 N–H and O–H groups in total. The molecule has 0 fully saturated rings. The van der Waals surface area contributed by atoms with E-state index in [4.69, 9.17) is 0 Å². The minimum atomic E-state index is -0.317. The van der Waals surface area contributed by atoms with Crippen LogP contribution in [0.4, 0.5) is 0 Å². The van der Waals surface area contributed by atoms with Crippen LogP contribution in [0.5, 0.6) is 0 Å². The third kappa shape index (κ3) is 7.39. The highest BCUT2D eigenvalue weighted by Crippen LogP contribution is 2.11. The van der Waals surface area contributed by atoms with Gasteiger partial charge in [0, 0.05) is 25.7 Å². The number of aldehydes is 2. The number of hydrogen-bond donors (Lipinski definition) is 0. The Kier molecular flexibility index (Phi) is 7.10. The van der Waals surface area contributed by atoms with Crippen LogP contribution in [-0.2, 0) is 19.2 Å². The van der Waals surface area contributed by atoms with Crippen molar-refractivity contribution in [3.63, 3.8) is 0 Å². The van der Waals surface area contributed by atoms with Gasteiger partial charge in [-0.1, -0.05) is 0 Å². The van der Waals surface area contributed by atoms with Crippen LogP contribution in [-0.4, -0.2) is 22.8 Å². The molecule has 72 valence electrons. The van der Waals surface area contributed by atoms with E-state index in [1.165, 1.54) is 0 Å². The van der Waals surface area contributed by atoms with E-state index in [1.807, 2.05) is 0 Å². The maximum absolute atomic E-state index is 10.9. The Labute approximate surface area is 80.1 Å². The van der Waals surface area contributed by atoms with E-state index < -0.39 is 0 Å². The van der Waals surface area contributed by atoms with Gasteiger partial charge in [-0.15, -0.1) is 0 Å². The normalized spacial score (nSPS) is 9.23. The molecule has 0 aliphatic carbocycles. The molecule has 0 saturated heterocycles. The van der Waals surface area contributed by atoms with E-state index in [1.54, 1.807) is 0 Å². The Hall–Kier alpha value is -0.970. The summed E-state index contributed by atoms with van der Waals surface area (Å²) < 4.78 is 0. The van der Waals surface area contributed by atoms with Crippen molar-refractivity contribution in [1.29, 1.82) is 0 Å². The Balaban J connectivity index is 3.58. The first-order valence-corrected chi connectivity index (χ1v) is 4.63. The minimum Gasteiger partial charge on any atom is -0.303 e. The molecule has 0 rings (SSSR count). The van der Waals surface area contributed by atoms with Crippen molar-refractivity contribution < 1.29 is 19.2 Å². The molecule has 13 heavy (non-hydrogen) atoms. The van der Waals surface area contributed by atoms with Crippen molar-refractivity contribution in [2.75, 3.05) is 0 Å². The predicted molar refractivity (Wildman–Crippen MR) is 48.2 cm³/mol. The van der Waals surface area contributed by atoms with Gasteiger partial charge in [0.2, 0.25) is 0 Å². The Bertz CT molecular complexity index is 190. The molecule has 0 aromatic heterocycles. The predicted octanol–water partition coefficient (Wildman–Crippen LogP) is 0.731. The molecular weight excluding hydrogens is 192 g/mol. The molecule has 0 spiro atoms. The van der Waals surface area contributed by atoms with Gasteiger partial charge in [-0.05, 0) is 11.8 Å². The summed E-state index contributed by atoms with van der Waals surface area (Å²) in [5.74, 6) is 0. The molecule has 5 heteroatoms. The van der Waals surface area contributed by atoms with Crippen LogP contribution in [0.25, 0.3) is 0 Å². The highest BCUT2D eigenvalue weighted by Gasteiger charge is 2.09. The molecule has 0 aliphatic heterocycles. The zero-order valence-corrected chi connectivity index (χ0v) is 7.84. The molecule has 0 aliphatic rings. The molecule has 0 amide bonds. The van der Waals surface area contributed by atoms with Crippen molar-refractivity contribution in [3.05, 3.63) is 0 Å². The maximum Gasteiger partial charge on any atom is 0.196 e. The average molecular weight is 202 g/mol. The maximum atomic E-state index is 10.9. The van der Waals surface area contributed by atoms with Gasteiger partial charge in [-0.3, -0.25) is 9.59 Å². The van der Waals surface area contributed by atoms with Crippen LogP contribution in [0.15, 0.2) is 0 Å². The van der Waals surface area contributed by atoms with E-state index in [0.717, 1.165) is 0 Å². The fraction of sp³-hybridized carbons (Fsp3) is 0.500. The van der Waals surface area contributed by atoms with Crippen LogP contribution < -0.4 is 0 Å². The van der Waals surface area contributed by atoms with Crippen molar-refractivity contribution >= 4 is 34.6 Å². The lowest BCUT2D eigenvalue weighted by molar-refractivity contribution is -0.116. The van der Waals surface area contributed by atoms with Crippen LogP contribution in [0.1, 0.15) is 25.7 Å². The van der Waals surface area contributed by atoms with E-state index in [2.05, 4.69) is 0 Å². The highest BCUT2D eigenvalue weighted by atomic mass is 32.2. The lowest BCUT2D eigenvalue weighted by Crippen LogP contribution is -1.99. The summed E-state index contributed by atoms with van der Waals surface area (Å²) in [7, 11) is 0. The molecule has 0 bridgehead atoms. The van der Waals surface area contributed by atoms with E-state index >= 15 is 0 Å². The molecule has 0 aromatic carbocycles. The van der Waals surface area contributed by atoms with E-state index in [0.29, 0.717) is 24.3 Å². The van der Waals surface area contributed by atoms with Gasteiger partial charge in [-0.2, -0.15) is 0 Å². The standard InChI is InChI=1S/C8H10O4S/c9-5-1-3-7(11)13-8(12)4-2-6-10/h5-6H,1-4H2. The molecular formula is C8H10O4S. The fourth-order valence-electron chi connectivity index (χ4n) is 0.583. The van der Waals surface area contributed by atoms with Gasteiger partial charge in [-0.25, -0.2) is 0 Å². The van der Waals surface area contributed by atoms with Crippen molar-refractivity contribution in [1.82, 2.24) is 0 Å². The summed E-state index contributed by atoms with van der Waals surface area (Å²) in [4.78, 5) is 41.5. The third-order valence-electron chi connectivity index (χ3n) is 1.16. The SMILES string of the molecule is O=CCCC(=O)SC(=O)CCC=O. The second kappa shape index (κ2) is 7.67. The van der Waals surface area contributed by atoms with Crippen LogP contribution in [0.3, 0.4) is 0 Å². The molecule has 0 saturated carbocycles. The first-order valence-electron chi connectivity index (χ1n) is 3.81. The lowest BCUT2D eigenvalue weighted by Gasteiger charge is -1.94. The van der Waals surface area contributed by atoms with Crippen LogP contribution in [0, 0.1) is 0 Å². The first-order chi connectivity index (χ1) is 6.20. The van der Waals surface area contributed by atoms with Crippen molar-refractivity contribution in [2.45, 2.75) is 25.7 Å². The smallest absolute Gasteiger partial charge is 0.196 e. The van der Waals surface area contributed by atoms with Gasteiger partial charge in [0.1, 0.15) is 12.6 Å². The zero-order valence-electron chi connectivity index (χ0n) is 7.02. The number of thioether (sulfide) groups is 1. The molecule has 0 atom stereocenters. The summed E-state index contributed by atoms with van der Waals surface area (Å²) in [5, 5.41) is -0.633. The largest absolute Gasteiger partial charge is 0.303 e. The highest BCUT2D eigenvalue weighted by molar-refractivity contribution is 8.26. The first kappa shape index (κ1) is 12.0. The Morgan fingerprint density at radius 1 is 0.923 bits per heavy atom. The number of carbonyl (C=O) groups excluding carboxylic acids is 4. The van der Waals surface area contributed by atoms with E-state index in [9.17, 15) is 19.2 Å². The van der Waals surface area contributed by atoms with Crippen molar-refractivity contribution in [2.24, 2.45) is 0 Å². The second-order valence-electron chi connectivity index (χ2n) is 2.26. The molecule has 0 aromatic rings. The minimum absolute atomic E-state index is 0.0843. The molecule has 0 heterocycles. The summed E-state index contributed by atoms with van der Waals surface area (Å²) in [6.07, 6.45) is 1.73. The average Bonchev–Trinajstić information content (AvgIpc) is 2.11. The number of carbonyl (C=O) groups is 4. The van der Waals surface area contributed by atoms with Crippen LogP contribution in [0.2, 0.25) is 0 Å². The second-order valence-corrected chi connectivity index (χ2v) is 3.37. The monoisotopic (exact) mass is 202 g/mol. The summed E-state index contributed by atoms with van der Waals surface area (Å²) >= 11 is 0.584.